The lowest BCUT2D eigenvalue weighted by Crippen LogP contribution is -2.59. The molecule has 2 fully saturated rings. The molecule has 1 aromatic rings. The predicted octanol–water partition coefficient (Wildman–Crippen LogP) is 3.40. The lowest BCUT2D eigenvalue weighted by molar-refractivity contribution is -0.0984. The van der Waals surface area contributed by atoms with Gasteiger partial charge in [0.05, 0.1) is 17.3 Å². The molecule has 2 aliphatic carbocycles. The van der Waals surface area contributed by atoms with Crippen molar-refractivity contribution in [2.75, 3.05) is 18.9 Å². The molecule has 1 amide bonds. The third-order valence-electron chi connectivity index (χ3n) is 8.83. The van der Waals surface area contributed by atoms with Crippen LogP contribution in [0.3, 0.4) is 0 Å². The minimum absolute atomic E-state index is 0.0563. The highest BCUT2D eigenvalue weighted by Gasteiger charge is 2.62. The maximum absolute atomic E-state index is 13.5. The third kappa shape index (κ3) is 3.30. The van der Waals surface area contributed by atoms with Gasteiger partial charge in [-0.25, -0.2) is 8.42 Å². The summed E-state index contributed by atoms with van der Waals surface area (Å²) in [6.45, 7) is 8.87. The van der Waals surface area contributed by atoms with Gasteiger partial charge in [-0.3, -0.25) is 4.79 Å². The highest BCUT2D eigenvalue weighted by Crippen LogP contribution is 2.67. The zero-order valence-electron chi connectivity index (χ0n) is 19.0. The molecule has 0 radical (unpaired) electrons. The van der Waals surface area contributed by atoms with Gasteiger partial charge < -0.3 is 15.5 Å². The zero-order chi connectivity index (χ0) is 22.8. The second-order valence-corrected chi connectivity index (χ2v) is 13.0. The second-order valence-electron chi connectivity index (χ2n) is 11.0. The van der Waals surface area contributed by atoms with Crippen LogP contribution in [0.15, 0.2) is 17.0 Å². The molecule has 0 saturated heterocycles. The van der Waals surface area contributed by atoms with Gasteiger partial charge in [-0.2, -0.15) is 0 Å². The predicted molar refractivity (Wildman–Crippen MR) is 119 cm³/mol. The fourth-order valence-corrected chi connectivity index (χ4v) is 9.78. The summed E-state index contributed by atoms with van der Waals surface area (Å²) in [6, 6.07) is 2.80. The SMILES string of the molecule is CC1(C)CCCC2(C)C1CCC1(C)c3c(O)cc(C(=O)NCCO)cc3S(=O)(=O)CC12. The summed E-state index contributed by atoms with van der Waals surface area (Å²) in [5.41, 5.74) is 0.210. The van der Waals surface area contributed by atoms with Crippen molar-refractivity contribution in [1.82, 2.24) is 5.32 Å². The van der Waals surface area contributed by atoms with Crippen molar-refractivity contribution >= 4 is 15.7 Å². The zero-order valence-corrected chi connectivity index (χ0v) is 19.8. The number of hydrogen-bond donors (Lipinski definition) is 3. The molecule has 4 unspecified atom stereocenters. The van der Waals surface area contributed by atoms with Crippen LogP contribution in [0.1, 0.15) is 75.7 Å². The number of aliphatic hydroxyl groups is 1. The molecule has 4 rings (SSSR count). The lowest BCUT2D eigenvalue weighted by Gasteiger charge is -2.63. The number of nitrogens with one attached hydrogen (secondary N) is 1. The summed E-state index contributed by atoms with van der Waals surface area (Å²) in [5, 5.41) is 22.5. The van der Waals surface area contributed by atoms with Crippen LogP contribution >= 0.6 is 0 Å². The largest absolute Gasteiger partial charge is 0.508 e. The van der Waals surface area contributed by atoms with Crippen LogP contribution in [0.2, 0.25) is 0 Å². The minimum atomic E-state index is -3.66. The van der Waals surface area contributed by atoms with Crippen molar-refractivity contribution < 1.29 is 23.4 Å². The normalized spacial score (nSPS) is 35.4. The first-order valence-corrected chi connectivity index (χ1v) is 13.0. The Kier molecular flexibility index (Phi) is 5.25. The molecule has 0 aromatic heterocycles. The summed E-state index contributed by atoms with van der Waals surface area (Å²) in [4.78, 5) is 12.5. The average molecular weight is 450 g/mol. The highest BCUT2D eigenvalue weighted by atomic mass is 32.2. The van der Waals surface area contributed by atoms with Gasteiger partial charge in [-0.05, 0) is 60.5 Å². The Labute approximate surface area is 185 Å². The molecule has 2 saturated carbocycles. The van der Waals surface area contributed by atoms with E-state index in [-0.39, 0.29) is 51.9 Å². The van der Waals surface area contributed by atoms with E-state index in [1.807, 2.05) is 0 Å². The van der Waals surface area contributed by atoms with E-state index in [2.05, 4.69) is 33.0 Å². The van der Waals surface area contributed by atoms with Crippen LogP contribution in [-0.2, 0) is 15.3 Å². The van der Waals surface area contributed by atoms with Crippen LogP contribution < -0.4 is 5.32 Å². The van der Waals surface area contributed by atoms with Gasteiger partial charge in [0, 0.05) is 23.1 Å². The number of rotatable bonds is 3. The first-order valence-electron chi connectivity index (χ1n) is 11.4. The van der Waals surface area contributed by atoms with Crippen LogP contribution in [0.5, 0.6) is 5.75 Å². The number of sulfone groups is 1. The smallest absolute Gasteiger partial charge is 0.251 e. The lowest BCUT2D eigenvalue weighted by atomic mass is 9.43. The number of fused-ring (bicyclic) bond motifs is 5. The molecule has 1 aromatic carbocycles. The van der Waals surface area contributed by atoms with Crippen molar-refractivity contribution in [3.05, 3.63) is 23.3 Å². The molecule has 1 heterocycles. The van der Waals surface area contributed by atoms with Crippen molar-refractivity contribution in [3.63, 3.8) is 0 Å². The van der Waals surface area contributed by atoms with E-state index in [0.717, 1.165) is 32.1 Å². The number of carbonyl (C=O) groups excluding carboxylic acids is 1. The molecule has 6 nitrogen and oxygen atoms in total. The number of amides is 1. The number of phenolic OH excluding ortho intramolecular Hbond substituents is 1. The molecule has 3 aliphatic rings. The average Bonchev–Trinajstić information content (AvgIpc) is 2.67. The molecule has 3 N–H and O–H groups in total. The molecule has 0 spiro atoms. The van der Waals surface area contributed by atoms with Crippen LogP contribution in [-0.4, -0.2) is 43.4 Å². The van der Waals surface area contributed by atoms with Gasteiger partial charge in [0.1, 0.15) is 5.75 Å². The van der Waals surface area contributed by atoms with Crippen molar-refractivity contribution in [2.45, 2.75) is 70.1 Å². The Balaban J connectivity index is 1.85. The minimum Gasteiger partial charge on any atom is -0.508 e. The van der Waals surface area contributed by atoms with Crippen molar-refractivity contribution in [3.8, 4) is 5.75 Å². The van der Waals surface area contributed by atoms with Gasteiger partial charge in [0.25, 0.3) is 5.91 Å². The number of aliphatic hydroxyl groups excluding tert-OH is 1. The van der Waals surface area contributed by atoms with Gasteiger partial charge in [-0.1, -0.05) is 34.1 Å². The van der Waals surface area contributed by atoms with E-state index in [9.17, 15) is 18.3 Å². The molecule has 1 aliphatic heterocycles. The Bertz CT molecular complexity index is 1020. The monoisotopic (exact) mass is 449 g/mol. The van der Waals surface area contributed by atoms with Crippen molar-refractivity contribution in [2.24, 2.45) is 22.7 Å². The van der Waals surface area contributed by atoms with Crippen LogP contribution in [0.25, 0.3) is 0 Å². The Morgan fingerprint density at radius 2 is 1.84 bits per heavy atom. The maximum atomic E-state index is 13.5. The van der Waals surface area contributed by atoms with Gasteiger partial charge in [-0.15, -0.1) is 0 Å². The van der Waals surface area contributed by atoms with E-state index >= 15 is 0 Å². The van der Waals surface area contributed by atoms with E-state index in [1.165, 1.54) is 12.1 Å². The van der Waals surface area contributed by atoms with Crippen molar-refractivity contribution in [1.29, 1.82) is 0 Å². The Morgan fingerprint density at radius 1 is 1.13 bits per heavy atom. The molecular weight excluding hydrogens is 414 g/mol. The molecule has 31 heavy (non-hydrogen) atoms. The van der Waals surface area contributed by atoms with Crippen LogP contribution in [0, 0.1) is 22.7 Å². The summed E-state index contributed by atoms with van der Waals surface area (Å²) in [7, 11) is -3.66. The number of aromatic hydroxyl groups is 1. The molecule has 4 atom stereocenters. The van der Waals surface area contributed by atoms with E-state index < -0.39 is 21.2 Å². The Morgan fingerprint density at radius 3 is 2.52 bits per heavy atom. The topological polar surface area (TPSA) is 104 Å². The summed E-state index contributed by atoms with van der Waals surface area (Å²) >= 11 is 0. The molecular formula is C24H35NO5S. The first-order chi connectivity index (χ1) is 14.4. The maximum Gasteiger partial charge on any atom is 0.251 e. The molecule has 0 bridgehead atoms. The standard InChI is InChI=1S/C24H35NO5S/c1-22(2)7-5-8-23(3)18(22)6-9-24(4)19(23)14-31(29,30)17-13-15(12-16(27)20(17)24)21(28)25-10-11-26/h12-13,18-19,26-27H,5-11,14H2,1-4H3,(H,25,28). The molecule has 7 heteroatoms. The Hall–Kier alpha value is -1.60. The number of carbonyl (C=O) groups is 1. The van der Waals surface area contributed by atoms with Gasteiger partial charge in [0.15, 0.2) is 9.84 Å². The summed E-state index contributed by atoms with van der Waals surface area (Å²) < 4.78 is 27.0. The fraction of sp³-hybridized carbons (Fsp3) is 0.708. The van der Waals surface area contributed by atoms with Gasteiger partial charge in [0.2, 0.25) is 0 Å². The van der Waals surface area contributed by atoms with E-state index in [1.54, 1.807) is 0 Å². The van der Waals surface area contributed by atoms with Gasteiger partial charge >= 0.3 is 0 Å². The molecule has 172 valence electrons. The third-order valence-corrected chi connectivity index (χ3v) is 10.6. The second kappa shape index (κ2) is 7.20. The number of hydrogen-bond acceptors (Lipinski definition) is 5. The van der Waals surface area contributed by atoms with Crippen LogP contribution in [0.4, 0.5) is 0 Å². The van der Waals surface area contributed by atoms with E-state index in [4.69, 9.17) is 5.11 Å². The quantitative estimate of drug-likeness (QED) is 0.656. The fourth-order valence-electron chi connectivity index (χ4n) is 7.46. The highest BCUT2D eigenvalue weighted by molar-refractivity contribution is 7.91. The summed E-state index contributed by atoms with van der Waals surface area (Å²) in [5.74, 6) is -0.176. The number of benzene rings is 1. The van der Waals surface area contributed by atoms with E-state index in [0.29, 0.717) is 11.5 Å². The first kappa shape index (κ1) is 22.6. The summed E-state index contributed by atoms with van der Waals surface area (Å²) in [6.07, 6.45) is 5.10. The number of phenols is 1.